The Morgan fingerprint density at radius 3 is 1.95 bits per heavy atom. The van der Waals surface area contributed by atoms with Crippen LogP contribution in [0.15, 0.2) is 202 Å². The van der Waals surface area contributed by atoms with Crippen molar-refractivity contribution in [3.05, 3.63) is 216 Å². The SMILES string of the molecule is CC1(C)c2cnccc2-c2c1cc(N(c1ccccc1)c1cccc3c1oc1ncccc13)c1c2oc2c(C(c3ccccc3)c3cccc4c3oc3ncccc34)c3ccccc3cc21. The highest BCUT2D eigenvalue weighted by molar-refractivity contribution is 6.23. The number of hydrogen-bond acceptors (Lipinski definition) is 7. The minimum Gasteiger partial charge on any atom is -0.455 e. The molecule has 13 aromatic rings. The van der Waals surface area contributed by atoms with E-state index >= 15 is 0 Å². The van der Waals surface area contributed by atoms with Crippen molar-refractivity contribution in [2.45, 2.75) is 25.2 Å². The van der Waals surface area contributed by atoms with Gasteiger partial charge in [0.2, 0.25) is 11.4 Å². The van der Waals surface area contributed by atoms with Crippen molar-refractivity contribution in [3.63, 3.8) is 0 Å². The van der Waals surface area contributed by atoms with Crippen LogP contribution in [0.5, 0.6) is 0 Å². The summed E-state index contributed by atoms with van der Waals surface area (Å²) in [5.74, 6) is -0.295. The number of para-hydroxylation sites is 3. The molecular formula is C59H38N4O3. The zero-order chi connectivity index (χ0) is 43.7. The van der Waals surface area contributed by atoms with Crippen molar-refractivity contribution < 1.29 is 13.3 Å². The van der Waals surface area contributed by atoms with Gasteiger partial charge in [-0.1, -0.05) is 117 Å². The molecule has 1 aliphatic carbocycles. The van der Waals surface area contributed by atoms with Crippen molar-refractivity contribution >= 4 is 93.9 Å². The van der Waals surface area contributed by atoms with Crippen LogP contribution in [0.2, 0.25) is 0 Å². The molecule has 0 spiro atoms. The van der Waals surface area contributed by atoms with Crippen LogP contribution in [0.25, 0.3) is 88.0 Å². The lowest BCUT2D eigenvalue weighted by atomic mass is 9.81. The predicted octanol–water partition coefficient (Wildman–Crippen LogP) is 15.7. The molecule has 0 saturated heterocycles. The predicted molar refractivity (Wildman–Crippen MR) is 265 cm³/mol. The van der Waals surface area contributed by atoms with Gasteiger partial charge in [-0.2, -0.15) is 0 Å². The standard InChI is InChI=1S/C59H38N4O3/c1-59(2)45-32-48(63(36-18-7-4-8-19-36)47-26-12-22-39-41-25-14-29-62-58(41)66-54(39)47)51-44-31-35-17-9-10-20-37(35)52(55(44)64-56(51)50(45)42-27-30-60-33-46(42)59)49(34-15-5-3-6-16-34)43-23-11-21-38-40-24-13-28-61-57(40)65-53(38)43/h3-33,49H,1-2H3. The molecule has 0 amide bonds. The van der Waals surface area contributed by atoms with Gasteiger partial charge in [-0.15, -0.1) is 0 Å². The van der Waals surface area contributed by atoms with Gasteiger partial charge in [-0.05, 0) is 93.7 Å². The Hall–Kier alpha value is -8.55. The van der Waals surface area contributed by atoms with Crippen LogP contribution in [0.3, 0.4) is 0 Å². The lowest BCUT2D eigenvalue weighted by Gasteiger charge is -2.29. The minimum atomic E-state index is -0.399. The fourth-order valence-electron chi connectivity index (χ4n) is 11.0. The summed E-state index contributed by atoms with van der Waals surface area (Å²) in [6.45, 7) is 4.59. The molecule has 1 atom stereocenters. The minimum absolute atomic E-state index is 0.295. The van der Waals surface area contributed by atoms with E-state index in [1.807, 2.05) is 24.5 Å². The van der Waals surface area contributed by atoms with Gasteiger partial charge in [-0.3, -0.25) is 4.98 Å². The average Bonchev–Trinajstić information content (AvgIpc) is 4.11. The summed E-state index contributed by atoms with van der Waals surface area (Å²) in [5.41, 5.74) is 14.6. The number of hydrogen-bond donors (Lipinski definition) is 0. The van der Waals surface area contributed by atoms with Gasteiger partial charge in [0.25, 0.3) is 0 Å². The Bertz CT molecular complexity index is 4110. The molecule has 7 aromatic carbocycles. The maximum absolute atomic E-state index is 7.75. The van der Waals surface area contributed by atoms with Gasteiger partial charge in [-0.25, -0.2) is 9.97 Å². The monoisotopic (exact) mass is 850 g/mol. The van der Waals surface area contributed by atoms with Crippen LogP contribution in [-0.4, -0.2) is 15.0 Å². The van der Waals surface area contributed by atoms with Crippen molar-refractivity contribution in [3.8, 4) is 11.1 Å². The van der Waals surface area contributed by atoms with Crippen LogP contribution >= 0.6 is 0 Å². The summed E-state index contributed by atoms with van der Waals surface area (Å²) in [6, 6.07) is 57.9. The maximum Gasteiger partial charge on any atom is 0.227 e. The summed E-state index contributed by atoms with van der Waals surface area (Å²) in [4.78, 5) is 16.3. The number of benzene rings is 7. The van der Waals surface area contributed by atoms with Crippen LogP contribution in [0.4, 0.5) is 17.1 Å². The Morgan fingerprint density at radius 2 is 1.17 bits per heavy atom. The molecule has 0 saturated carbocycles. The lowest BCUT2D eigenvalue weighted by Crippen LogP contribution is -2.17. The largest absolute Gasteiger partial charge is 0.455 e. The second-order valence-electron chi connectivity index (χ2n) is 17.9. The van der Waals surface area contributed by atoms with E-state index < -0.39 is 5.41 Å². The molecule has 312 valence electrons. The second kappa shape index (κ2) is 13.7. The zero-order valence-electron chi connectivity index (χ0n) is 36.0. The van der Waals surface area contributed by atoms with Crippen molar-refractivity contribution in [1.82, 2.24) is 15.0 Å². The number of furan rings is 3. The van der Waals surface area contributed by atoms with Crippen molar-refractivity contribution in [2.75, 3.05) is 4.90 Å². The summed E-state index contributed by atoms with van der Waals surface area (Å²) in [7, 11) is 0. The van der Waals surface area contributed by atoms with E-state index in [-0.39, 0.29) is 5.92 Å². The van der Waals surface area contributed by atoms with Crippen LogP contribution in [0, 0.1) is 0 Å². The first kappa shape index (κ1) is 36.9. The normalized spacial score (nSPS) is 13.7. The number of fused-ring (bicyclic) bond motifs is 14. The summed E-state index contributed by atoms with van der Waals surface area (Å²) < 4.78 is 21.2. The molecule has 66 heavy (non-hydrogen) atoms. The number of aromatic nitrogens is 3. The Labute approximate surface area is 378 Å². The number of anilines is 3. The topological polar surface area (TPSA) is 81.3 Å². The molecule has 7 heteroatoms. The molecule has 6 aromatic heterocycles. The van der Waals surface area contributed by atoms with Gasteiger partial charge in [0.15, 0.2) is 5.58 Å². The summed E-state index contributed by atoms with van der Waals surface area (Å²) in [6.07, 6.45) is 7.49. The third-order valence-corrected chi connectivity index (χ3v) is 14.0. The van der Waals surface area contributed by atoms with Crippen LogP contribution in [0.1, 0.15) is 47.6 Å². The first-order valence-electron chi connectivity index (χ1n) is 22.4. The molecular weight excluding hydrogens is 813 g/mol. The quantitative estimate of drug-likeness (QED) is 0.154. The van der Waals surface area contributed by atoms with E-state index in [1.165, 1.54) is 0 Å². The van der Waals surface area contributed by atoms with Gasteiger partial charge >= 0.3 is 0 Å². The molecule has 7 nitrogen and oxygen atoms in total. The third-order valence-electron chi connectivity index (χ3n) is 14.0. The van der Waals surface area contributed by atoms with Gasteiger partial charge in [0.05, 0.1) is 16.8 Å². The zero-order valence-corrected chi connectivity index (χ0v) is 36.0. The van der Waals surface area contributed by atoms with E-state index in [9.17, 15) is 0 Å². The molecule has 0 radical (unpaired) electrons. The van der Waals surface area contributed by atoms with Crippen molar-refractivity contribution in [2.24, 2.45) is 0 Å². The highest BCUT2D eigenvalue weighted by Gasteiger charge is 2.41. The van der Waals surface area contributed by atoms with Gasteiger partial charge in [0, 0.05) is 85.4 Å². The van der Waals surface area contributed by atoms with Crippen molar-refractivity contribution in [1.29, 1.82) is 0 Å². The lowest BCUT2D eigenvalue weighted by molar-refractivity contribution is 0.643. The number of rotatable bonds is 6. The van der Waals surface area contributed by atoms with Crippen LogP contribution in [-0.2, 0) is 5.41 Å². The van der Waals surface area contributed by atoms with E-state index in [0.29, 0.717) is 11.4 Å². The maximum atomic E-state index is 7.75. The smallest absolute Gasteiger partial charge is 0.227 e. The Balaban J connectivity index is 1.17. The molecule has 0 N–H and O–H groups in total. The number of pyridine rings is 3. The molecule has 6 heterocycles. The van der Waals surface area contributed by atoms with Gasteiger partial charge < -0.3 is 18.2 Å². The summed E-state index contributed by atoms with van der Waals surface area (Å²) in [5, 5.41) is 8.21. The van der Waals surface area contributed by atoms with E-state index in [0.717, 1.165) is 121 Å². The first-order valence-corrected chi connectivity index (χ1v) is 22.4. The molecule has 1 unspecified atom stereocenters. The molecule has 0 fully saturated rings. The van der Waals surface area contributed by atoms with E-state index in [2.05, 4.69) is 185 Å². The summed E-state index contributed by atoms with van der Waals surface area (Å²) >= 11 is 0. The van der Waals surface area contributed by atoms with Crippen LogP contribution < -0.4 is 4.90 Å². The van der Waals surface area contributed by atoms with E-state index in [4.69, 9.17) is 13.3 Å². The van der Waals surface area contributed by atoms with Gasteiger partial charge in [0.1, 0.15) is 16.7 Å². The molecule has 0 aliphatic heterocycles. The second-order valence-corrected chi connectivity index (χ2v) is 17.9. The third kappa shape index (κ3) is 5.11. The van der Waals surface area contributed by atoms with E-state index in [1.54, 1.807) is 12.4 Å². The Kier molecular flexibility index (Phi) is 7.67. The highest BCUT2D eigenvalue weighted by atomic mass is 16.3. The fourth-order valence-corrected chi connectivity index (χ4v) is 11.0. The highest BCUT2D eigenvalue weighted by Crippen LogP contribution is 2.58. The molecule has 14 rings (SSSR count). The Morgan fingerprint density at radius 1 is 0.500 bits per heavy atom. The fraction of sp³-hybridized carbons (Fsp3) is 0.0678. The molecule has 1 aliphatic rings. The first-order chi connectivity index (χ1) is 32.5. The molecule has 0 bridgehead atoms. The average molecular weight is 851 g/mol. The number of nitrogens with zero attached hydrogens (tertiary/aromatic N) is 4.